The number of carboxylic acids is 1. The van der Waals surface area contributed by atoms with Gasteiger partial charge in [0.1, 0.15) is 18.7 Å². The van der Waals surface area contributed by atoms with Crippen LogP contribution in [0.3, 0.4) is 0 Å². The first-order chi connectivity index (χ1) is 23.4. The molecule has 11 heteroatoms. The van der Waals surface area contributed by atoms with Crippen LogP contribution in [0.2, 0.25) is 0 Å². The zero-order valence-corrected chi connectivity index (χ0v) is 28.4. The Kier molecular flexibility index (Phi) is 10.8. The lowest BCUT2D eigenvalue weighted by Gasteiger charge is -2.20. The van der Waals surface area contributed by atoms with Gasteiger partial charge in [-0.15, -0.1) is 11.3 Å². The summed E-state index contributed by atoms with van der Waals surface area (Å²) in [6, 6.07) is 22.9. The maximum atomic E-state index is 14.8. The minimum absolute atomic E-state index is 0.123. The van der Waals surface area contributed by atoms with Crippen molar-refractivity contribution in [1.29, 1.82) is 0 Å². The number of ether oxygens (including phenoxy) is 1. The van der Waals surface area contributed by atoms with Gasteiger partial charge >= 0.3 is 5.97 Å². The van der Waals surface area contributed by atoms with Crippen molar-refractivity contribution in [2.75, 3.05) is 0 Å². The van der Waals surface area contributed by atoms with Crippen molar-refractivity contribution in [2.24, 2.45) is 0 Å². The Morgan fingerprint density at radius 1 is 0.857 bits per heavy atom. The molecule has 49 heavy (non-hydrogen) atoms. The quantitative estimate of drug-likeness (QED) is 0.132. The number of hydrogen-bond acceptors (Lipinski definition) is 7. The van der Waals surface area contributed by atoms with Crippen molar-refractivity contribution in [3.05, 3.63) is 124 Å². The summed E-state index contributed by atoms with van der Waals surface area (Å²) in [5.41, 5.74) is 3.49. The minimum atomic E-state index is -1.18. The second kappa shape index (κ2) is 15.2. The van der Waals surface area contributed by atoms with Gasteiger partial charge in [0.05, 0.1) is 4.88 Å². The second-order valence-electron chi connectivity index (χ2n) is 12.6. The first-order valence-corrected chi connectivity index (χ1v) is 16.5. The van der Waals surface area contributed by atoms with E-state index in [0.29, 0.717) is 27.4 Å². The van der Waals surface area contributed by atoms with E-state index in [2.05, 4.69) is 41.4 Å². The number of halogens is 1. The highest BCUT2D eigenvalue weighted by Gasteiger charge is 2.26. The van der Waals surface area contributed by atoms with Crippen molar-refractivity contribution >= 4 is 29.1 Å². The molecule has 0 spiro atoms. The maximum absolute atomic E-state index is 14.8. The highest BCUT2D eigenvalue weighted by molar-refractivity contribution is 7.14. The largest absolute Gasteiger partial charge is 0.486 e. The van der Waals surface area contributed by atoms with E-state index in [-0.39, 0.29) is 24.2 Å². The minimum Gasteiger partial charge on any atom is -0.486 e. The van der Waals surface area contributed by atoms with Crippen LogP contribution in [0, 0.1) is 5.82 Å². The fourth-order valence-electron chi connectivity index (χ4n) is 4.86. The summed E-state index contributed by atoms with van der Waals surface area (Å²) >= 11 is 1.35. The van der Waals surface area contributed by atoms with Gasteiger partial charge in [-0.25, -0.2) is 14.4 Å². The van der Waals surface area contributed by atoms with E-state index in [1.165, 1.54) is 24.3 Å². The molecule has 2 amide bonds. The molecule has 3 N–H and O–H groups in total. The number of nitrogens with one attached hydrogen (secondary N) is 2. The molecule has 0 saturated heterocycles. The molecule has 0 aliphatic carbocycles. The van der Waals surface area contributed by atoms with Gasteiger partial charge in [0.15, 0.2) is 17.4 Å². The third-order valence-corrected chi connectivity index (χ3v) is 9.24. The molecule has 0 fully saturated rings. The van der Waals surface area contributed by atoms with Crippen molar-refractivity contribution in [3.8, 4) is 28.3 Å². The molecule has 5 rings (SSSR count). The van der Waals surface area contributed by atoms with Gasteiger partial charge in [0, 0.05) is 34.8 Å². The first-order valence-electron chi connectivity index (χ1n) is 15.7. The van der Waals surface area contributed by atoms with Crippen LogP contribution in [0.5, 0.6) is 5.75 Å². The van der Waals surface area contributed by atoms with Gasteiger partial charge in [-0.2, -0.15) is 0 Å². The zero-order chi connectivity index (χ0) is 35.1. The molecule has 0 aliphatic heterocycles. The second-order valence-corrected chi connectivity index (χ2v) is 13.7. The summed E-state index contributed by atoms with van der Waals surface area (Å²) in [6.45, 7) is 7.78. The highest BCUT2D eigenvalue weighted by Crippen LogP contribution is 2.30. The number of aliphatic carboxylic acids is 1. The SMILES string of the molecule is C[C@@H](NC(=O)[C@H](Cc1ccc(-c2ncc(-c3ccc(OCc4ccccc4)c(F)c3)cn2)cc1)NC(=O)c1ccc(C(C)(C)C)s1)C(=O)O. The third kappa shape index (κ3) is 9.14. The number of benzene rings is 3. The number of thiophene rings is 1. The predicted molar refractivity (Wildman–Crippen MR) is 187 cm³/mol. The summed E-state index contributed by atoms with van der Waals surface area (Å²) in [7, 11) is 0. The molecular formula is C38H37FN4O5S. The van der Waals surface area contributed by atoms with Crippen LogP contribution in [0.15, 0.2) is 97.3 Å². The Bertz CT molecular complexity index is 1920. The normalized spacial score (nSPS) is 12.5. The monoisotopic (exact) mass is 680 g/mol. The number of carboxylic acid groups (broad SMARTS) is 1. The van der Waals surface area contributed by atoms with Gasteiger partial charge in [-0.05, 0) is 53.3 Å². The van der Waals surface area contributed by atoms with Crippen LogP contribution in [-0.2, 0) is 28.0 Å². The molecular weight excluding hydrogens is 644 g/mol. The number of aromatic nitrogens is 2. The average Bonchev–Trinajstić information content (AvgIpc) is 3.60. The van der Waals surface area contributed by atoms with Gasteiger partial charge in [-0.1, -0.05) is 81.4 Å². The number of carbonyl (C=O) groups is 3. The van der Waals surface area contributed by atoms with E-state index in [4.69, 9.17) is 4.74 Å². The Labute approximate surface area is 288 Å². The van der Waals surface area contributed by atoms with Gasteiger partial charge in [0.25, 0.3) is 5.91 Å². The molecule has 2 aromatic heterocycles. The van der Waals surface area contributed by atoms with E-state index in [1.54, 1.807) is 54.9 Å². The third-order valence-electron chi connectivity index (χ3n) is 7.73. The smallest absolute Gasteiger partial charge is 0.325 e. The first kappa shape index (κ1) is 34.9. The van der Waals surface area contributed by atoms with Crippen LogP contribution < -0.4 is 15.4 Å². The van der Waals surface area contributed by atoms with E-state index < -0.39 is 35.7 Å². The number of rotatable bonds is 12. The lowest BCUT2D eigenvalue weighted by atomic mass is 9.95. The summed E-state index contributed by atoms with van der Waals surface area (Å²) in [5, 5.41) is 14.6. The molecule has 0 radical (unpaired) electrons. The molecule has 0 unspecified atom stereocenters. The Balaban J connectivity index is 1.26. The highest BCUT2D eigenvalue weighted by atomic mass is 32.1. The van der Waals surface area contributed by atoms with Gasteiger partial charge in [0.2, 0.25) is 5.91 Å². The molecule has 0 aliphatic rings. The Morgan fingerprint density at radius 2 is 1.53 bits per heavy atom. The maximum Gasteiger partial charge on any atom is 0.325 e. The van der Waals surface area contributed by atoms with E-state index in [0.717, 1.165) is 16.0 Å². The lowest BCUT2D eigenvalue weighted by Crippen LogP contribution is -2.51. The fourth-order valence-corrected chi connectivity index (χ4v) is 5.83. The van der Waals surface area contributed by atoms with E-state index in [9.17, 15) is 23.9 Å². The summed E-state index contributed by atoms with van der Waals surface area (Å²) in [4.78, 5) is 48.1. The number of amides is 2. The fraction of sp³-hybridized carbons (Fsp3) is 0.237. The molecule has 5 aromatic rings. The summed E-state index contributed by atoms with van der Waals surface area (Å²) < 4.78 is 20.5. The number of nitrogens with zero attached hydrogens (tertiary/aromatic N) is 2. The zero-order valence-electron chi connectivity index (χ0n) is 27.6. The number of hydrogen-bond donors (Lipinski definition) is 3. The molecule has 2 atom stereocenters. The Morgan fingerprint density at radius 3 is 2.14 bits per heavy atom. The molecule has 9 nitrogen and oxygen atoms in total. The van der Waals surface area contributed by atoms with Crippen LogP contribution in [0.1, 0.15) is 53.4 Å². The van der Waals surface area contributed by atoms with Crippen LogP contribution in [0.25, 0.3) is 22.5 Å². The molecule has 2 heterocycles. The topological polar surface area (TPSA) is 131 Å². The molecule has 0 saturated carbocycles. The molecule has 0 bridgehead atoms. The van der Waals surface area contributed by atoms with Crippen LogP contribution >= 0.6 is 11.3 Å². The predicted octanol–water partition coefficient (Wildman–Crippen LogP) is 6.82. The van der Waals surface area contributed by atoms with Crippen molar-refractivity contribution in [3.63, 3.8) is 0 Å². The van der Waals surface area contributed by atoms with Crippen LogP contribution in [-0.4, -0.2) is 44.9 Å². The van der Waals surface area contributed by atoms with Crippen molar-refractivity contribution in [1.82, 2.24) is 20.6 Å². The summed E-state index contributed by atoms with van der Waals surface area (Å²) in [5.74, 6) is -2.09. The lowest BCUT2D eigenvalue weighted by molar-refractivity contribution is -0.141. The standard InChI is InChI=1S/C38H37FN4O5S/c1-23(37(46)47)42-35(44)30(43-36(45)32-16-17-33(49-32)38(2,3)4)18-24-10-12-26(13-11-24)34-40-20-28(21-41-34)27-14-15-31(29(39)19-27)48-22-25-8-6-5-7-9-25/h5-17,19-21,23,30H,18,22H2,1-4H3,(H,42,44)(H,43,45)(H,46,47)/t23-,30+/m1/s1. The van der Waals surface area contributed by atoms with E-state index in [1.807, 2.05) is 36.4 Å². The van der Waals surface area contributed by atoms with Gasteiger partial charge in [-0.3, -0.25) is 14.4 Å². The summed E-state index contributed by atoms with van der Waals surface area (Å²) in [6.07, 6.45) is 3.35. The average molecular weight is 681 g/mol. The van der Waals surface area contributed by atoms with E-state index >= 15 is 0 Å². The molecule has 3 aromatic carbocycles. The Hall–Kier alpha value is -5.42. The van der Waals surface area contributed by atoms with Crippen molar-refractivity contribution < 1.29 is 28.6 Å². The number of carbonyl (C=O) groups excluding carboxylic acids is 2. The van der Waals surface area contributed by atoms with Gasteiger partial charge < -0.3 is 20.5 Å². The van der Waals surface area contributed by atoms with Crippen LogP contribution in [0.4, 0.5) is 4.39 Å². The van der Waals surface area contributed by atoms with Crippen molar-refractivity contribution in [2.45, 2.75) is 58.2 Å². The molecule has 252 valence electrons.